The van der Waals surface area contributed by atoms with E-state index < -0.39 is 10.0 Å². The van der Waals surface area contributed by atoms with Crippen molar-refractivity contribution in [2.24, 2.45) is 0 Å². The summed E-state index contributed by atoms with van der Waals surface area (Å²) in [5.41, 5.74) is 0.865. The van der Waals surface area contributed by atoms with E-state index in [1.165, 1.54) is 24.6 Å². The molecule has 0 saturated carbocycles. The summed E-state index contributed by atoms with van der Waals surface area (Å²) < 4.78 is 43.9. The van der Waals surface area contributed by atoms with E-state index >= 15 is 0 Å². The third-order valence-corrected chi connectivity index (χ3v) is 7.13. The van der Waals surface area contributed by atoms with Crippen molar-refractivity contribution < 1.29 is 27.4 Å². The molecule has 3 rings (SSSR count). The van der Waals surface area contributed by atoms with Crippen LogP contribution in [-0.4, -0.2) is 70.0 Å². The Morgan fingerprint density at radius 2 is 1.69 bits per heavy atom. The largest absolute Gasteiger partial charge is 0.497 e. The zero-order valence-electron chi connectivity index (χ0n) is 18.9. The molecule has 1 fully saturated rings. The van der Waals surface area contributed by atoms with Gasteiger partial charge < -0.3 is 19.1 Å². The van der Waals surface area contributed by atoms with E-state index in [1.54, 1.807) is 17.0 Å². The molecule has 1 heterocycles. The summed E-state index contributed by atoms with van der Waals surface area (Å²) in [6.07, 6.45) is 0.297. The minimum Gasteiger partial charge on any atom is -0.497 e. The fraction of sp³-hybridized carbons (Fsp3) is 0.435. The molecule has 2 aromatic rings. The van der Waals surface area contributed by atoms with Crippen molar-refractivity contribution >= 4 is 15.9 Å². The van der Waals surface area contributed by atoms with Crippen LogP contribution >= 0.6 is 0 Å². The highest BCUT2D eigenvalue weighted by Gasteiger charge is 2.32. The van der Waals surface area contributed by atoms with Gasteiger partial charge in [0.05, 0.1) is 26.7 Å². The van der Waals surface area contributed by atoms with Gasteiger partial charge in [-0.15, -0.1) is 0 Å². The molecule has 32 heavy (non-hydrogen) atoms. The van der Waals surface area contributed by atoms with Crippen molar-refractivity contribution in [2.45, 2.75) is 31.3 Å². The Kier molecular flexibility index (Phi) is 7.63. The first kappa shape index (κ1) is 23.9. The van der Waals surface area contributed by atoms with Crippen LogP contribution in [0.5, 0.6) is 17.2 Å². The van der Waals surface area contributed by atoms with Crippen LogP contribution in [0.3, 0.4) is 0 Å². The van der Waals surface area contributed by atoms with Crippen molar-refractivity contribution in [2.75, 3.05) is 40.4 Å². The molecule has 0 aliphatic carbocycles. The Bertz CT molecular complexity index is 1050. The normalized spacial score (nSPS) is 15.0. The molecule has 1 aliphatic rings. The Morgan fingerprint density at radius 3 is 2.31 bits per heavy atom. The van der Waals surface area contributed by atoms with Crippen LogP contribution in [0, 0.1) is 0 Å². The van der Waals surface area contributed by atoms with Gasteiger partial charge in [0, 0.05) is 32.2 Å². The molecule has 1 aliphatic heterocycles. The molecule has 1 saturated heterocycles. The summed E-state index contributed by atoms with van der Waals surface area (Å²) >= 11 is 0. The first-order valence-corrected chi connectivity index (χ1v) is 11.9. The predicted molar refractivity (Wildman–Crippen MR) is 121 cm³/mol. The summed E-state index contributed by atoms with van der Waals surface area (Å²) in [6.45, 7) is 4.98. The van der Waals surface area contributed by atoms with Crippen LogP contribution < -0.4 is 14.2 Å². The van der Waals surface area contributed by atoms with Crippen LogP contribution in [0.1, 0.15) is 19.4 Å². The van der Waals surface area contributed by atoms with Gasteiger partial charge in [0.15, 0.2) is 0 Å². The summed E-state index contributed by atoms with van der Waals surface area (Å²) in [6, 6.07) is 12.2. The van der Waals surface area contributed by atoms with E-state index in [0.29, 0.717) is 18.8 Å². The van der Waals surface area contributed by atoms with Crippen LogP contribution in [-0.2, 0) is 21.2 Å². The fourth-order valence-corrected chi connectivity index (χ4v) is 5.18. The number of carbonyl (C=O) groups excluding carboxylic acids is 1. The average molecular weight is 463 g/mol. The summed E-state index contributed by atoms with van der Waals surface area (Å²) in [5.74, 6) is 1.38. The van der Waals surface area contributed by atoms with Gasteiger partial charge in [-0.1, -0.05) is 12.1 Å². The van der Waals surface area contributed by atoms with Crippen molar-refractivity contribution in [3.8, 4) is 17.2 Å². The Hall–Kier alpha value is -2.78. The van der Waals surface area contributed by atoms with Crippen LogP contribution in [0.25, 0.3) is 0 Å². The summed E-state index contributed by atoms with van der Waals surface area (Å²) in [5, 5.41) is 0. The Balaban J connectivity index is 1.65. The van der Waals surface area contributed by atoms with Crippen molar-refractivity contribution in [1.82, 2.24) is 9.21 Å². The number of benzene rings is 2. The van der Waals surface area contributed by atoms with E-state index in [9.17, 15) is 13.2 Å². The maximum Gasteiger partial charge on any atom is 0.247 e. The minimum absolute atomic E-state index is 0.0392. The average Bonchev–Trinajstić information content (AvgIpc) is 2.78. The van der Waals surface area contributed by atoms with Crippen LogP contribution in [0.4, 0.5) is 0 Å². The molecule has 2 aromatic carbocycles. The van der Waals surface area contributed by atoms with Crippen LogP contribution in [0.15, 0.2) is 47.4 Å². The zero-order chi connectivity index (χ0) is 23.3. The van der Waals surface area contributed by atoms with Gasteiger partial charge >= 0.3 is 0 Å². The second-order valence-corrected chi connectivity index (χ2v) is 9.70. The lowest BCUT2D eigenvalue weighted by molar-refractivity contribution is -0.131. The fourth-order valence-electron chi connectivity index (χ4n) is 3.59. The predicted octanol–water partition coefficient (Wildman–Crippen LogP) is 2.57. The van der Waals surface area contributed by atoms with Gasteiger partial charge in [0.25, 0.3) is 0 Å². The van der Waals surface area contributed by atoms with Gasteiger partial charge in [-0.3, -0.25) is 4.79 Å². The number of methoxy groups -OCH3 is 2. The molecule has 0 N–H and O–H groups in total. The zero-order valence-corrected chi connectivity index (χ0v) is 19.7. The summed E-state index contributed by atoms with van der Waals surface area (Å²) in [4.78, 5) is 14.5. The van der Waals surface area contributed by atoms with Gasteiger partial charge in [0.2, 0.25) is 15.9 Å². The number of hydrogen-bond acceptors (Lipinski definition) is 6. The third kappa shape index (κ3) is 5.52. The van der Waals surface area contributed by atoms with Crippen LogP contribution in [0.2, 0.25) is 0 Å². The molecule has 174 valence electrons. The molecule has 0 atom stereocenters. The first-order valence-electron chi connectivity index (χ1n) is 10.5. The molecule has 0 bridgehead atoms. The lowest BCUT2D eigenvalue weighted by atomic mass is 10.1. The number of rotatable bonds is 8. The topological polar surface area (TPSA) is 85.4 Å². The quantitative estimate of drug-likeness (QED) is 0.600. The molecule has 0 radical (unpaired) electrons. The number of piperazine rings is 1. The van der Waals surface area contributed by atoms with E-state index in [2.05, 4.69) is 0 Å². The third-order valence-electron chi connectivity index (χ3n) is 5.21. The maximum atomic E-state index is 13.2. The number of amides is 1. The number of ether oxygens (including phenoxy) is 3. The molecular weight excluding hydrogens is 432 g/mol. The van der Waals surface area contributed by atoms with Crippen molar-refractivity contribution in [3.63, 3.8) is 0 Å². The highest BCUT2D eigenvalue weighted by molar-refractivity contribution is 7.89. The van der Waals surface area contributed by atoms with Gasteiger partial charge in [-0.25, -0.2) is 8.42 Å². The lowest BCUT2D eigenvalue weighted by Gasteiger charge is -2.34. The maximum absolute atomic E-state index is 13.2. The SMILES string of the molecule is COc1ccc(OC)c(S(=O)(=O)N2CCN(C(=O)Cc3cccc(OC(C)C)c3)CC2)c1. The highest BCUT2D eigenvalue weighted by Crippen LogP contribution is 2.31. The monoisotopic (exact) mass is 462 g/mol. The van der Waals surface area contributed by atoms with Crippen molar-refractivity contribution in [3.05, 3.63) is 48.0 Å². The van der Waals surface area contributed by atoms with E-state index in [4.69, 9.17) is 14.2 Å². The second-order valence-electron chi connectivity index (χ2n) is 7.79. The number of carbonyl (C=O) groups is 1. The molecule has 9 heteroatoms. The number of hydrogen-bond donors (Lipinski definition) is 0. The van der Waals surface area contributed by atoms with E-state index in [0.717, 1.165) is 11.3 Å². The van der Waals surface area contributed by atoms with Crippen molar-refractivity contribution in [1.29, 1.82) is 0 Å². The molecular formula is C23H30N2O6S. The molecule has 8 nitrogen and oxygen atoms in total. The second kappa shape index (κ2) is 10.2. The molecule has 0 aromatic heterocycles. The molecule has 0 unspecified atom stereocenters. The van der Waals surface area contributed by atoms with E-state index in [1.807, 2.05) is 38.1 Å². The molecule has 1 amide bonds. The smallest absolute Gasteiger partial charge is 0.247 e. The standard InChI is InChI=1S/C23H30N2O6S/c1-17(2)31-20-7-5-6-18(14-20)15-23(26)24-10-12-25(13-11-24)32(27,28)22-16-19(29-3)8-9-21(22)30-4/h5-9,14,16-17H,10-13,15H2,1-4H3. The Labute approximate surface area is 189 Å². The Morgan fingerprint density at radius 1 is 0.969 bits per heavy atom. The lowest BCUT2D eigenvalue weighted by Crippen LogP contribution is -2.50. The molecule has 0 spiro atoms. The highest BCUT2D eigenvalue weighted by atomic mass is 32.2. The number of nitrogens with zero attached hydrogens (tertiary/aromatic N) is 2. The van der Waals surface area contributed by atoms with Gasteiger partial charge in [-0.2, -0.15) is 4.31 Å². The minimum atomic E-state index is -3.79. The van der Waals surface area contributed by atoms with Gasteiger partial charge in [-0.05, 0) is 43.7 Å². The van der Waals surface area contributed by atoms with Gasteiger partial charge in [0.1, 0.15) is 22.1 Å². The van der Waals surface area contributed by atoms with E-state index in [-0.39, 0.29) is 42.2 Å². The summed E-state index contributed by atoms with van der Waals surface area (Å²) in [7, 11) is -0.880. The number of sulfonamides is 1. The first-order chi connectivity index (χ1) is 15.2.